The molecule has 1 saturated heterocycles. The molecule has 0 N–H and O–H groups in total. The molecule has 0 aliphatic carbocycles. The van der Waals surface area contributed by atoms with Gasteiger partial charge in [-0.2, -0.15) is 4.98 Å². The molecule has 1 aromatic carbocycles. The van der Waals surface area contributed by atoms with Crippen LogP contribution in [0.5, 0.6) is 0 Å². The highest BCUT2D eigenvalue weighted by molar-refractivity contribution is 5.92. The zero-order chi connectivity index (χ0) is 17.8. The minimum Gasteiger partial charge on any atom is -0.343 e. The maximum Gasteiger partial charge on any atom is 0.246 e. The number of hydrogen-bond donors (Lipinski definition) is 0. The van der Waals surface area contributed by atoms with Crippen molar-refractivity contribution in [3.05, 3.63) is 84.3 Å². The summed E-state index contributed by atoms with van der Waals surface area (Å²) in [5.74, 6) is 0.780. The molecule has 1 fully saturated rings. The van der Waals surface area contributed by atoms with Crippen LogP contribution in [0.25, 0.3) is 6.08 Å². The average molecular weight is 346 g/mol. The summed E-state index contributed by atoms with van der Waals surface area (Å²) in [5, 5.41) is 4.01. The summed E-state index contributed by atoms with van der Waals surface area (Å²) < 4.78 is 4.93. The largest absolute Gasteiger partial charge is 0.343 e. The molecule has 4 rings (SSSR count). The lowest BCUT2D eigenvalue weighted by atomic mass is 9.88. The number of pyridine rings is 1. The van der Waals surface area contributed by atoms with Crippen LogP contribution < -0.4 is 0 Å². The number of benzene rings is 1. The van der Waals surface area contributed by atoms with Crippen LogP contribution in [-0.4, -0.2) is 39.0 Å². The summed E-state index contributed by atoms with van der Waals surface area (Å²) in [5.41, 5.74) is 2.07. The molecule has 6 heteroatoms. The van der Waals surface area contributed by atoms with E-state index < -0.39 is 0 Å². The molecule has 2 atom stereocenters. The topological polar surface area (TPSA) is 72.1 Å². The maximum absolute atomic E-state index is 12.7. The Bertz CT molecular complexity index is 879. The summed E-state index contributed by atoms with van der Waals surface area (Å²) >= 11 is 0. The minimum atomic E-state index is -0.0271. The third-order valence-electron chi connectivity index (χ3n) is 4.67. The van der Waals surface area contributed by atoms with Gasteiger partial charge in [-0.25, -0.2) is 0 Å². The lowest BCUT2D eigenvalue weighted by Crippen LogP contribution is -2.27. The predicted molar refractivity (Wildman–Crippen MR) is 96.1 cm³/mol. The number of rotatable bonds is 4. The molecule has 26 heavy (non-hydrogen) atoms. The normalized spacial score (nSPS) is 19.9. The molecule has 130 valence electrons. The van der Waals surface area contributed by atoms with Crippen molar-refractivity contribution in [3.63, 3.8) is 0 Å². The third-order valence-corrected chi connectivity index (χ3v) is 4.67. The lowest BCUT2D eigenvalue weighted by molar-refractivity contribution is -0.125. The van der Waals surface area contributed by atoms with E-state index in [-0.39, 0.29) is 17.7 Å². The van der Waals surface area contributed by atoms with Crippen molar-refractivity contribution in [1.29, 1.82) is 0 Å². The number of carbonyl (C=O) groups is 1. The van der Waals surface area contributed by atoms with E-state index in [1.807, 2.05) is 35.2 Å². The van der Waals surface area contributed by atoms with Gasteiger partial charge in [-0.3, -0.25) is 9.78 Å². The zero-order valence-electron chi connectivity index (χ0n) is 14.1. The second-order valence-electron chi connectivity index (χ2n) is 6.28. The van der Waals surface area contributed by atoms with E-state index in [4.69, 9.17) is 4.52 Å². The van der Waals surface area contributed by atoms with Crippen molar-refractivity contribution in [2.75, 3.05) is 13.1 Å². The summed E-state index contributed by atoms with van der Waals surface area (Å²) in [6.45, 7) is 1.19. The van der Waals surface area contributed by atoms with Crippen molar-refractivity contribution in [3.8, 4) is 0 Å². The molecular weight excluding hydrogens is 328 g/mol. The molecule has 3 aromatic rings. The predicted octanol–water partition coefficient (Wildman–Crippen LogP) is 2.89. The number of nitrogens with zero attached hydrogens (tertiary/aromatic N) is 4. The molecule has 6 nitrogen and oxygen atoms in total. The standard InChI is InChI=1S/C20H18N4O2/c25-19(9-8-15-5-4-10-21-11-15)24-12-17(16-6-2-1-3-7-16)18(13-24)20-22-14-26-23-20/h1-11,14,17-18H,12-13H2/b9-8-. The van der Waals surface area contributed by atoms with Crippen molar-refractivity contribution >= 4 is 12.0 Å². The molecule has 1 amide bonds. The Hall–Kier alpha value is -3.28. The van der Waals surface area contributed by atoms with E-state index in [1.54, 1.807) is 24.5 Å². The highest BCUT2D eigenvalue weighted by Gasteiger charge is 2.38. The SMILES string of the molecule is O=C(/C=C\c1cccnc1)N1CC(c2ccccc2)C(c2ncon2)C1. The molecular formula is C20H18N4O2. The Morgan fingerprint density at radius 1 is 1.12 bits per heavy atom. The monoisotopic (exact) mass is 346 g/mol. The fourth-order valence-corrected chi connectivity index (χ4v) is 3.37. The van der Waals surface area contributed by atoms with Crippen LogP contribution in [0.3, 0.4) is 0 Å². The van der Waals surface area contributed by atoms with Gasteiger partial charge in [0, 0.05) is 43.4 Å². The summed E-state index contributed by atoms with van der Waals surface area (Å²) in [6.07, 6.45) is 8.15. The molecule has 2 aromatic heterocycles. The van der Waals surface area contributed by atoms with Gasteiger partial charge in [0.15, 0.2) is 5.82 Å². The van der Waals surface area contributed by atoms with E-state index in [9.17, 15) is 4.79 Å². The molecule has 1 aliphatic heterocycles. The Labute approximate surface area is 151 Å². The fraction of sp³-hybridized carbons (Fsp3) is 0.200. The zero-order valence-corrected chi connectivity index (χ0v) is 14.1. The number of likely N-dealkylation sites (tertiary alicyclic amines) is 1. The van der Waals surface area contributed by atoms with Gasteiger partial charge in [-0.1, -0.05) is 41.6 Å². The van der Waals surface area contributed by atoms with Gasteiger partial charge >= 0.3 is 0 Å². The van der Waals surface area contributed by atoms with E-state index in [0.29, 0.717) is 18.9 Å². The first kappa shape index (κ1) is 16.2. The lowest BCUT2D eigenvalue weighted by Gasteiger charge is -2.15. The highest BCUT2D eigenvalue weighted by Crippen LogP contribution is 2.38. The van der Waals surface area contributed by atoms with Crippen LogP contribution in [0, 0.1) is 0 Å². The molecule has 0 spiro atoms. The van der Waals surface area contributed by atoms with E-state index >= 15 is 0 Å². The van der Waals surface area contributed by atoms with E-state index in [0.717, 1.165) is 5.56 Å². The van der Waals surface area contributed by atoms with Crippen molar-refractivity contribution in [2.45, 2.75) is 11.8 Å². The van der Waals surface area contributed by atoms with Gasteiger partial charge in [0.05, 0.1) is 0 Å². The number of amides is 1. The molecule has 1 aliphatic rings. The van der Waals surface area contributed by atoms with Gasteiger partial charge in [0.1, 0.15) is 0 Å². The molecule has 3 heterocycles. The molecule has 0 radical (unpaired) electrons. The maximum atomic E-state index is 12.7. The van der Waals surface area contributed by atoms with Gasteiger partial charge < -0.3 is 9.42 Å². The van der Waals surface area contributed by atoms with Crippen molar-refractivity contribution in [2.24, 2.45) is 0 Å². The fourth-order valence-electron chi connectivity index (χ4n) is 3.37. The Balaban J connectivity index is 1.55. The van der Waals surface area contributed by atoms with Gasteiger partial charge in [0.25, 0.3) is 0 Å². The Morgan fingerprint density at radius 3 is 2.69 bits per heavy atom. The molecule has 2 unspecified atom stereocenters. The van der Waals surface area contributed by atoms with Crippen LogP contribution in [0.2, 0.25) is 0 Å². The first-order valence-corrected chi connectivity index (χ1v) is 8.49. The third kappa shape index (κ3) is 3.39. The van der Waals surface area contributed by atoms with Crippen LogP contribution in [0.15, 0.2) is 71.9 Å². The summed E-state index contributed by atoms with van der Waals surface area (Å²) in [7, 11) is 0. The smallest absolute Gasteiger partial charge is 0.246 e. The van der Waals surface area contributed by atoms with Gasteiger partial charge in [-0.05, 0) is 23.3 Å². The number of carbonyl (C=O) groups excluding carboxylic acids is 1. The van der Waals surface area contributed by atoms with Crippen molar-refractivity contribution in [1.82, 2.24) is 20.0 Å². The summed E-state index contributed by atoms with van der Waals surface area (Å²) in [6, 6.07) is 13.9. The second kappa shape index (κ2) is 7.31. The Kier molecular flexibility index (Phi) is 4.55. The quantitative estimate of drug-likeness (QED) is 0.679. The van der Waals surface area contributed by atoms with E-state index in [1.165, 1.54) is 12.0 Å². The molecule has 0 bridgehead atoms. The highest BCUT2D eigenvalue weighted by atomic mass is 16.5. The van der Waals surface area contributed by atoms with Crippen LogP contribution in [0.4, 0.5) is 0 Å². The first-order chi connectivity index (χ1) is 12.8. The number of aromatic nitrogens is 3. The first-order valence-electron chi connectivity index (χ1n) is 8.49. The second-order valence-corrected chi connectivity index (χ2v) is 6.28. The van der Waals surface area contributed by atoms with Crippen molar-refractivity contribution < 1.29 is 9.32 Å². The van der Waals surface area contributed by atoms with Gasteiger partial charge in [-0.15, -0.1) is 0 Å². The van der Waals surface area contributed by atoms with E-state index in [2.05, 4.69) is 27.3 Å². The van der Waals surface area contributed by atoms with Crippen LogP contribution >= 0.6 is 0 Å². The molecule has 0 saturated carbocycles. The average Bonchev–Trinajstić information content (AvgIpc) is 3.37. The Morgan fingerprint density at radius 2 is 1.96 bits per heavy atom. The van der Waals surface area contributed by atoms with Crippen LogP contribution in [-0.2, 0) is 4.79 Å². The summed E-state index contributed by atoms with van der Waals surface area (Å²) in [4.78, 5) is 22.8. The minimum absolute atomic E-state index is 0.0203. The number of hydrogen-bond acceptors (Lipinski definition) is 5. The van der Waals surface area contributed by atoms with Gasteiger partial charge in [0.2, 0.25) is 12.3 Å². The van der Waals surface area contributed by atoms with Crippen LogP contribution in [0.1, 0.15) is 28.8 Å².